The average molecular weight is 287 g/mol. The van der Waals surface area contributed by atoms with Gasteiger partial charge in [0.15, 0.2) is 0 Å². The molecule has 0 N–H and O–H groups in total. The minimum absolute atomic E-state index is 0.0889. The Balaban J connectivity index is 2.84. The molecular weight excluding hydrogens is 266 g/mol. The highest BCUT2D eigenvalue weighted by Crippen LogP contribution is 2.21. The van der Waals surface area contributed by atoms with E-state index in [1.165, 1.54) is 11.3 Å². The Labute approximate surface area is 119 Å². The van der Waals surface area contributed by atoms with Gasteiger partial charge in [0.05, 0.1) is 11.5 Å². The summed E-state index contributed by atoms with van der Waals surface area (Å²) in [7, 11) is 1.66. The SMILES string of the molecule is CCC(CC)N(CCOC)C(=O)c1cc(S)cs1. The first-order valence-corrected chi connectivity index (χ1v) is 7.54. The largest absolute Gasteiger partial charge is 0.383 e. The van der Waals surface area contributed by atoms with Crippen LogP contribution in [-0.2, 0) is 4.74 Å². The van der Waals surface area contributed by atoms with Gasteiger partial charge in [-0.3, -0.25) is 4.79 Å². The molecule has 0 aromatic carbocycles. The Morgan fingerprint density at radius 3 is 2.61 bits per heavy atom. The molecule has 0 atom stereocenters. The number of nitrogens with zero attached hydrogens (tertiary/aromatic N) is 1. The zero-order valence-electron chi connectivity index (χ0n) is 11.2. The number of thiophene rings is 1. The Bertz CT molecular complexity index is 375. The summed E-state index contributed by atoms with van der Waals surface area (Å²) < 4.78 is 5.10. The second-order valence-electron chi connectivity index (χ2n) is 4.13. The van der Waals surface area contributed by atoms with E-state index in [1.807, 2.05) is 16.3 Å². The molecular formula is C13H21NO2S2. The van der Waals surface area contributed by atoms with Crippen molar-refractivity contribution in [2.24, 2.45) is 0 Å². The van der Waals surface area contributed by atoms with E-state index in [0.29, 0.717) is 13.2 Å². The normalized spacial score (nSPS) is 10.9. The lowest BCUT2D eigenvalue weighted by atomic mass is 10.1. The van der Waals surface area contributed by atoms with Crippen LogP contribution in [0.4, 0.5) is 0 Å². The Kier molecular flexibility index (Phi) is 6.75. The molecule has 1 aromatic heterocycles. The van der Waals surface area contributed by atoms with Gasteiger partial charge in [-0.05, 0) is 18.9 Å². The van der Waals surface area contributed by atoms with Gasteiger partial charge in [0.1, 0.15) is 0 Å². The average Bonchev–Trinajstić information content (AvgIpc) is 2.80. The van der Waals surface area contributed by atoms with E-state index in [2.05, 4.69) is 26.5 Å². The molecule has 0 saturated carbocycles. The lowest BCUT2D eigenvalue weighted by molar-refractivity contribution is 0.0594. The zero-order chi connectivity index (χ0) is 13.5. The third-order valence-corrected chi connectivity index (χ3v) is 4.33. The summed E-state index contributed by atoms with van der Waals surface area (Å²) in [5.74, 6) is 0.0889. The van der Waals surface area contributed by atoms with Crippen molar-refractivity contribution in [3.63, 3.8) is 0 Å². The van der Waals surface area contributed by atoms with E-state index in [1.54, 1.807) is 7.11 Å². The molecule has 0 fully saturated rings. The van der Waals surface area contributed by atoms with Crippen LogP contribution in [0.2, 0.25) is 0 Å². The molecule has 0 saturated heterocycles. The maximum atomic E-state index is 12.5. The van der Waals surface area contributed by atoms with Crippen molar-refractivity contribution >= 4 is 29.9 Å². The van der Waals surface area contributed by atoms with Gasteiger partial charge in [0, 0.05) is 30.0 Å². The lowest BCUT2D eigenvalue weighted by Gasteiger charge is -2.30. The van der Waals surface area contributed by atoms with Gasteiger partial charge >= 0.3 is 0 Å². The number of hydrogen-bond acceptors (Lipinski definition) is 4. The maximum Gasteiger partial charge on any atom is 0.264 e. The van der Waals surface area contributed by atoms with Crippen LogP contribution in [0.15, 0.2) is 16.3 Å². The molecule has 0 bridgehead atoms. The molecule has 0 aliphatic heterocycles. The summed E-state index contributed by atoms with van der Waals surface area (Å²) in [4.78, 5) is 16.0. The Hall–Kier alpha value is -0.520. The van der Waals surface area contributed by atoms with Crippen molar-refractivity contribution < 1.29 is 9.53 Å². The van der Waals surface area contributed by atoms with Gasteiger partial charge < -0.3 is 9.64 Å². The van der Waals surface area contributed by atoms with Gasteiger partial charge in [-0.2, -0.15) is 0 Å². The zero-order valence-corrected chi connectivity index (χ0v) is 12.9. The maximum absolute atomic E-state index is 12.5. The molecule has 0 aliphatic rings. The lowest BCUT2D eigenvalue weighted by Crippen LogP contribution is -2.41. The van der Waals surface area contributed by atoms with Crippen LogP contribution in [0, 0.1) is 0 Å². The van der Waals surface area contributed by atoms with Crippen molar-refractivity contribution in [1.29, 1.82) is 0 Å². The summed E-state index contributed by atoms with van der Waals surface area (Å²) >= 11 is 5.70. The summed E-state index contributed by atoms with van der Waals surface area (Å²) in [5, 5.41) is 1.89. The Morgan fingerprint density at radius 1 is 1.50 bits per heavy atom. The highest BCUT2D eigenvalue weighted by molar-refractivity contribution is 7.80. The van der Waals surface area contributed by atoms with Gasteiger partial charge in [0.2, 0.25) is 0 Å². The van der Waals surface area contributed by atoms with Gasteiger partial charge in [-0.15, -0.1) is 24.0 Å². The van der Waals surface area contributed by atoms with Gasteiger partial charge in [-0.1, -0.05) is 13.8 Å². The Morgan fingerprint density at radius 2 is 2.17 bits per heavy atom. The predicted molar refractivity (Wildman–Crippen MR) is 78.9 cm³/mol. The first-order valence-electron chi connectivity index (χ1n) is 6.21. The van der Waals surface area contributed by atoms with E-state index in [0.717, 1.165) is 22.6 Å². The molecule has 1 aromatic rings. The van der Waals surface area contributed by atoms with Crippen LogP contribution >= 0.6 is 24.0 Å². The van der Waals surface area contributed by atoms with Crippen molar-refractivity contribution in [2.75, 3.05) is 20.3 Å². The molecule has 1 heterocycles. The standard InChI is InChI=1S/C13H21NO2S2/c1-4-10(5-2)14(6-7-16-3)13(15)12-8-11(17)9-18-12/h8-10,17H,4-7H2,1-3H3. The van der Waals surface area contributed by atoms with Crippen LogP contribution in [0.1, 0.15) is 36.4 Å². The fourth-order valence-corrected chi connectivity index (χ4v) is 3.05. The number of methoxy groups -OCH3 is 1. The highest BCUT2D eigenvalue weighted by atomic mass is 32.1. The smallest absolute Gasteiger partial charge is 0.264 e. The molecule has 1 rings (SSSR count). The van der Waals surface area contributed by atoms with E-state index >= 15 is 0 Å². The van der Waals surface area contributed by atoms with E-state index in [-0.39, 0.29) is 11.9 Å². The van der Waals surface area contributed by atoms with Gasteiger partial charge in [0.25, 0.3) is 5.91 Å². The molecule has 0 aliphatic carbocycles. The number of thiol groups is 1. The molecule has 3 nitrogen and oxygen atoms in total. The molecule has 102 valence electrons. The quantitative estimate of drug-likeness (QED) is 0.780. The second kappa shape index (κ2) is 7.81. The molecule has 5 heteroatoms. The van der Waals surface area contributed by atoms with E-state index < -0.39 is 0 Å². The third kappa shape index (κ3) is 4.00. The fourth-order valence-electron chi connectivity index (χ4n) is 1.95. The topological polar surface area (TPSA) is 29.5 Å². The number of amides is 1. The summed E-state index contributed by atoms with van der Waals surface area (Å²) in [6.07, 6.45) is 1.93. The van der Waals surface area contributed by atoms with Crippen molar-refractivity contribution in [3.05, 3.63) is 16.3 Å². The minimum atomic E-state index is 0.0889. The third-order valence-electron chi connectivity index (χ3n) is 2.98. The van der Waals surface area contributed by atoms with E-state index in [4.69, 9.17) is 4.74 Å². The molecule has 0 spiro atoms. The molecule has 0 radical (unpaired) electrons. The fraction of sp³-hybridized carbons (Fsp3) is 0.615. The molecule has 1 amide bonds. The summed E-state index contributed by atoms with van der Waals surface area (Å²) in [6.45, 7) is 5.43. The van der Waals surface area contributed by atoms with Crippen LogP contribution in [0.5, 0.6) is 0 Å². The summed E-state index contributed by atoms with van der Waals surface area (Å²) in [6, 6.07) is 2.11. The first kappa shape index (κ1) is 15.5. The monoisotopic (exact) mass is 287 g/mol. The van der Waals surface area contributed by atoms with Crippen LogP contribution in [0.25, 0.3) is 0 Å². The van der Waals surface area contributed by atoms with Crippen molar-refractivity contribution in [2.45, 2.75) is 37.6 Å². The first-order chi connectivity index (χ1) is 8.63. The van der Waals surface area contributed by atoms with Crippen molar-refractivity contribution in [3.8, 4) is 0 Å². The molecule has 18 heavy (non-hydrogen) atoms. The summed E-state index contributed by atoms with van der Waals surface area (Å²) in [5.41, 5.74) is 0. The van der Waals surface area contributed by atoms with Crippen LogP contribution < -0.4 is 0 Å². The number of carbonyl (C=O) groups is 1. The van der Waals surface area contributed by atoms with E-state index in [9.17, 15) is 4.79 Å². The number of hydrogen-bond donors (Lipinski definition) is 1. The minimum Gasteiger partial charge on any atom is -0.383 e. The second-order valence-corrected chi connectivity index (χ2v) is 5.56. The van der Waals surface area contributed by atoms with Crippen molar-refractivity contribution in [1.82, 2.24) is 4.90 Å². The van der Waals surface area contributed by atoms with Crippen LogP contribution in [0.3, 0.4) is 0 Å². The molecule has 0 unspecified atom stereocenters. The number of rotatable bonds is 7. The van der Waals surface area contributed by atoms with Gasteiger partial charge in [-0.25, -0.2) is 0 Å². The number of ether oxygens (including phenoxy) is 1. The predicted octanol–water partition coefficient (Wildman–Crippen LogP) is 3.31. The highest BCUT2D eigenvalue weighted by Gasteiger charge is 2.23. The van der Waals surface area contributed by atoms with Crippen LogP contribution in [-0.4, -0.2) is 37.1 Å². The number of carbonyl (C=O) groups excluding carboxylic acids is 1.